The molecule has 0 radical (unpaired) electrons. The summed E-state index contributed by atoms with van der Waals surface area (Å²) in [5.41, 5.74) is 8.58. The molecule has 3 N–H and O–H groups in total. The molecule has 0 aliphatic rings. The number of nitrogens with zero attached hydrogens (tertiary/aromatic N) is 1. The molecule has 0 fully saturated rings. The molecule has 2 rings (SSSR count). The minimum atomic E-state index is -0.0489. The number of hydrogen-bond acceptors (Lipinski definition) is 4. The van der Waals surface area contributed by atoms with Crippen LogP contribution in [-0.2, 0) is 6.61 Å². The summed E-state index contributed by atoms with van der Waals surface area (Å²) in [6.07, 6.45) is 0. The van der Waals surface area contributed by atoms with Crippen molar-refractivity contribution < 1.29 is 9.84 Å². The number of aliphatic hydroxyl groups is 1. The molecule has 0 aliphatic carbocycles. The van der Waals surface area contributed by atoms with Crippen molar-refractivity contribution >= 4 is 11.4 Å². The summed E-state index contributed by atoms with van der Waals surface area (Å²) in [5.74, 6) is 0.814. The molecule has 124 valence electrons. The van der Waals surface area contributed by atoms with E-state index in [1.165, 1.54) is 0 Å². The number of rotatable bonds is 6. The molecule has 0 spiro atoms. The zero-order chi connectivity index (χ0) is 16.9. The highest BCUT2D eigenvalue weighted by atomic mass is 16.5. The molecule has 0 bridgehead atoms. The Balaban J connectivity index is 2.04. The minimum absolute atomic E-state index is 0.0489. The van der Waals surface area contributed by atoms with Crippen molar-refractivity contribution in [3.63, 3.8) is 0 Å². The van der Waals surface area contributed by atoms with Gasteiger partial charge >= 0.3 is 0 Å². The van der Waals surface area contributed by atoms with E-state index < -0.39 is 0 Å². The van der Waals surface area contributed by atoms with E-state index in [1.807, 2.05) is 48.5 Å². The Hall–Kier alpha value is -2.20. The standard InChI is InChI=1S/C19H26N2O2/c1-19(2,3)21(11-12-22)17-7-9-18(10-8-17)23-14-15-5-4-6-16(20)13-15/h4-10,13,22H,11-12,14,20H2,1-3H3. The lowest BCUT2D eigenvalue weighted by Gasteiger charge is -2.37. The van der Waals surface area contributed by atoms with E-state index in [0.717, 1.165) is 22.7 Å². The van der Waals surface area contributed by atoms with Crippen molar-refractivity contribution in [2.45, 2.75) is 32.9 Å². The molecule has 0 saturated heterocycles. The summed E-state index contributed by atoms with van der Waals surface area (Å²) in [6.45, 7) is 7.62. The van der Waals surface area contributed by atoms with Gasteiger partial charge < -0.3 is 20.5 Å². The molecule has 4 nitrogen and oxygen atoms in total. The lowest BCUT2D eigenvalue weighted by molar-refractivity contribution is 0.290. The molecule has 0 aliphatic heterocycles. The fraction of sp³-hybridized carbons (Fsp3) is 0.368. The number of benzene rings is 2. The maximum atomic E-state index is 9.27. The number of aliphatic hydroxyl groups excluding tert-OH is 1. The van der Waals surface area contributed by atoms with Crippen molar-refractivity contribution in [2.24, 2.45) is 0 Å². The fourth-order valence-electron chi connectivity index (χ4n) is 2.52. The molecule has 0 heterocycles. The Morgan fingerprint density at radius 1 is 1.09 bits per heavy atom. The van der Waals surface area contributed by atoms with Gasteiger partial charge in [-0.2, -0.15) is 0 Å². The van der Waals surface area contributed by atoms with Gasteiger partial charge in [0.2, 0.25) is 0 Å². The first kappa shape index (κ1) is 17.2. The van der Waals surface area contributed by atoms with E-state index in [2.05, 4.69) is 25.7 Å². The summed E-state index contributed by atoms with van der Waals surface area (Å²) >= 11 is 0. The van der Waals surface area contributed by atoms with Gasteiger partial charge in [0.15, 0.2) is 0 Å². The third kappa shape index (κ3) is 4.89. The molecule has 2 aromatic rings. The van der Waals surface area contributed by atoms with Crippen molar-refractivity contribution in [1.29, 1.82) is 0 Å². The molecule has 4 heteroatoms. The molecule has 0 aromatic heterocycles. The van der Waals surface area contributed by atoms with E-state index in [1.54, 1.807) is 0 Å². The SMILES string of the molecule is CC(C)(C)N(CCO)c1ccc(OCc2cccc(N)c2)cc1. The molecule has 0 unspecified atom stereocenters. The van der Waals surface area contributed by atoms with Crippen LogP contribution >= 0.6 is 0 Å². The fourth-order valence-corrected chi connectivity index (χ4v) is 2.52. The predicted molar refractivity (Wildman–Crippen MR) is 95.8 cm³/mol. The second kappa shape index (κ2) is 7.38. The molecule has 0 atom stereocenters. The number of nitrogen functional groups attached to an aromatic ring is 1. The van der Waals surface area contributed by atoms with Gasteiger partial charge in [-0.25, -0.2) is 0 Å². The van der Waals surface area contributed by atoms with E-state index in [9.17, 15) is 5.11 Å². The van der Waals surface area contributed by atoms with Crippen molar-refractivity contribution in [3.05, 3.63) is 54.1 Å². The molecular weight excluding hydrogens is 288 g/mol. The van der Waals surface area contributed by atoms with Crippen LogP contribution in [0.5, 0.6) is 5.75 Å². The van der Waals surface area contributed by atoms with Gasteiger partial charge in [-0.15, -0.1) is 0 Å². The number of nitrogens with two attached hydrogens (primary N) is 1. The Bertz CT molecular complexity index is 618. The van der Waals surface area contributed by atoms with Gasteiger partial charge in [0, 0.05) is 23.5 Å². The van der Waals surface area contributed by atoms with Crippen molar-refractivity contribution in [3.8, 4) is 5.75 Å². The number of hydrogen-bond donors (Lipinski definition) is 2. The first-order chi connectivity index (χ1) is 10.9. The van der Waals surface area contributed by atoms with Gasteiger partial charge in [-0.3, -0.25) is 0 Å². The average Bonchev–Trinajstić information content (AvgIpc) is 2.50. The van der Waals surface area contributed by atoms with Crippen LogP contribution in [0.3, 0.4) is 0 Å². The summed E-state index contributed by atoms with van der Waals surface area (Å²) in [7, 11) is 0. The normalized spacial score (nSPS) is 11.3. The summed E-state index contributed by atoms with van der Waals surface area (Å²) in [6, 6.07) is 15.7. The average molecular weight is 314 g/mol. The second-order valence-electron chi connectivity index (χ2n) is 6.57. The predicted octanol–water partition coefficient (Wildman–Crippen LogP) is 3.45. The van der Waals surface area contributed by atoms with Gasteiger partial charge in [-0.1, -0.05) is 12.1 Å². The number of β-amino-alcohol motifs (C(OH)–C–C–N with tert-alkyl or cyclic N) is 1. The van der Waals surface area contributed by atoms with Crippen LogP contribution in [0, 0.1) is 0 Å². The van der Waals surface area contributed by atoms with E-state index in [-0.39, 0.29) is 12.1 Å². The van der Waals surface area contributed by atoms with Crippen LogP contribution in [0.4, 0.5) is 11.4 Å². The first-order valence-electron chi connectivity index (χ1n) is 7.86. The molecule has 0 amide bonds. The van der Waals surface area contributed by atoms with Crippen LogP contribution in [0.1, 0.15) is 26.3 Å². The van der Waals surface area contributed by atoms with Gasteiger partial charge in [0.05, 0.1) is 6.61 Å². The van der Waals surface area contributed by atoms with E-state index >= 15 is 0 Å². The third-order valence-electron chi connectivity index (χ3n) is 3.64. The van der Waals surface area contributed by atoms with Crippen LogP contribution in [-0.4, -0.2) is 23.8 Å². The Morgan fingerprint density at radius 2 is 1.78 bits per heavy atom. The maximum absolute atomic E-state index is 9.27. The minimum Gasteiger partial charge on any atom is -0.489 e. The lowest BCUT2D eigenvalue weighted by Crippen LogP contribution is -2.43. The summed E-state index contributed by atoms with van der Waals surface area (Å²) in [4.78, 5) is 2.18. The van der Waals surface area contributed by atoms with Crippen LogP contribution < -0.4 is 15.4 Å². The maximum Gasteiger partial charge on any atom is 0.119 e. The van der Waals surface area contributed by atoms with Gasteiger partial charge in [0.25, 0.3) is 0 Å². The zero-order valence-electron chi connectivity index (χ0n) is 14.1. The Morgan fingerprint density at radius 3 is 2.35 bits per heavy atom. The molecular formula is C19H26N2O2. The summed E-state index contributed by atoms with van der Waals surface area (Å²) < 4.78 is 5.80. The van der Waals surface area contributed by atoms with Crippen molar-refractivity contribution in [2.75, 3.05) is 23.8 Å². The highest BCUT2D eigenvalue weighted by Crippen LogP contribution is 2.26. The van der Waals surface area contributed by atoms with Crippen LogP contribution in [0.15, 0.2) is 48.5 Å². The van der Waals surface area contributed by atoms with E-state index in [4.69, 9.17) is 10.5 Å². The number of anilines is 2. The highest BCUT2D eigenvalue weighted by molar-refractivity contribution is 5.51. The largest absolute Gasteiger partial charge is 0.489 e. The topological polar surface area (TPSA) is 58.7 Å². The second-order valence-corrected chi connectivity index (χ2v) is 6.57. The van der Waals surface area contributed by atoms with Crippen LogP contribution in [0.25, 0.3) is 0 Å². The quantitative estimate of drug-likeness (QED) is 0.802. The number of ether oxygens (including phenoxy) is 1. The molecule has 0 saturated carbocycles. The van der Waals surface area contributed by atoms with Gasteiger partial charge in [0.1, 0.15) is 12.4 Å². The summed E-state index contributed by atoms with van der Waals surface area (Å²) in [5, 5.41) is 9.27. The third-order valence-corrected chi connectivity index (χ3v) is 3.64. The molecule has 2 aromatic carbocycles. The van der Waals surface area contributed by atoms with Crippen LogP contribution in [0.2, 0.25) is 0 Å². The first-order valence-corrected chi connectivity index (χ1v) is 7.86. The highest BCUT2D eigenvalue weighted by Gasteiger charge is 2.20. The monoisotopic (exact) mass is 314 g/mol. The Labute approximate surface area is 138 Å². The molecule has 23 heavy (non-hydrogen) atoms. The lowest BCUT2D eigenvalue weighted by atomic mass is 10.0. The Kier molecular flexibility index (Phi) is 5.50. The van der Waals surface area contributed by atoms with E-state index in [0.29, 0.717) is 13.2 Å². The van der Waals surface area contributed by atoms with Crippen molar-refractivity contribution in [1.82, 2.24) is 0 Å². The zero-order valence-corrected chi connectivity index (χ0v) is 14.1. The smallest absolute Gasteiger partial charge is 0.119 e. The van der Waals surface area contributed by atoms with Gasteiger partial charge in [-0.05, 0) is 62.7 Å².